The van der Waals surface area contributed by atoms with Gasteiger partial charge >= 0.3 is 0 Å². The molecular weight excluding hydrogens is 329 g/mol. The summed E-state index contributed by atoms with van der Waals surface area (Å²) in [6, 6.07) is 7.13. The van der Waals surface area contributed by atoms with Crippen LogP contribution in [-0.2, 0) is 9.53 Å². The summed E-state index contributed by atoms with van der Waals surface area (Å²) < 4.78 is 20.6. The van der Waals surface area contributed by atoms with E-state index in [-0.39, 0.29) is 46.5 Å². The molecule has 1 aromatic rings. The van der Waals surface area contributed by atoms with E-state index in [0.717, 1.165) is 19.3 Å². The van der Waals surface area contributed by atoms with E-state index >= 15 is 0 Å². The second kappa shape index (κ2) is 6.05. The minimum atomic E-state index is -0.204. The largest absolute Gasteiger partial charge is 0.373 e. The monoisotopic (exact) mass is 359 g/mol. The standard InChI is InChI=1S/C22H30FNO2/c1-13(2)19(25)24-20-21(3,4)14-11-16-18(15-7-5-6-8-17(15)23)26-10-9-22(16,20)12-14/h5-8,13-14,16,18,20H,9-12H2,1-4H3,(H,24,25)/t14-,16-,18-,20+,22?/m1/s1. The highest BCUT2D eigenvalue weighted by Crippen LogP contribution is 2.70. The molecule has 1 amide bonds. The molecule has 3 fully saturated rings. The zero-order chi connectivity index (χ0) is 18.7. The van der Waals surface area contributed by atoms with Crippen molar-refractivity contribution in [2.75, 3.05) is 6.61 Å². The summed E-state index contributed by atoms with van der Waals surface area (Å²) in [6.45, 7) is 9.10. The second-order valence-corrected chi connectivity index (χ2v) is 9.46. The Labute approximate surface area is 155 Å². The first-order valence-electron chi connectivity index (χ1n) is 9.94. The summed E-state index contributed by atoms with van der Waals surface area (Å²) in [5.41, 5.74) is 0.762. The second-order valence-electron chi connectivity index (χ2n) is 9.46. The molecule has 142 valence electrons. The van der Waals surface area contributed by atoms with E-state index in [0.29, 0.717) is 18.1 Å². The lowest BCUT2D eigenvalue weighted by Gasteiger charge is -2.53. The van der Waals surface area contributed by atoms with Gasteiger partial charge in [-0.15, -0.1) is 0 Å². The van der Waals surface area contributed by atoms with E-state index in [1.165, 1.54) is 6.07 Å². The summed E-state index contributed by atoms with van der Waals surface area (Å²) >= 11 is 0. The van der Waals surface area contributed by atoms with E-state index in [9.17, 15) is 9.18 Å². The van der Waals surface area contributed by atoms with Crippen molar-refractivity contribution in [2.45, 2.75) is 59.1 Å². The van der Waals surface area contributed by atoms with Gasteiger partial charge in [-0.05, 0) is 48.0 Å². The third-order valence-corrected chi connectivity index (χ3v) is 7.53. The number of benzene rings is 1. The van der Waals surface area contributed by atoms with Crippen molar-refractivity contribution in [1.82, 2.24) is 5.32 Å². The summed E-state index contributed by atoms with van der Waals surface area (Å²) in [6.07, 6.45) is 2.91. The Morgan fingerprint density at radius 2 is 2.04 bits per heavy atom. The molecule has 1 heterocycles. The lowest BCUT2D eigenvalue weighted by molar-refractivity contribution is -0.139. The summed E-state index contributed by atoms with van der Waals surface area (Å²) in [7, 11) is 0. The zero-order valence-corrected chi connectivity index (χ0v) is 16.2. The van der Waals surface area contributed by atoms with Gasteiger partial charge in [0.2, 0.25) is 5.91 Å². The number of ether oxygens (including phenoxy) is 1. The van der Waals surface area contributed by atoms with Crippen LogP contribution in [0.2, 0.25) is 0 Å². The smallest absolute Gasteiger partial charge is 0.222 e. The van der Waals surface area contributed by atoms with Crippen LogP contribution in [0.5, 0.6) is 0 Å². The molecule has 5 atom stereocenters. The maximum absolute atomic E-state index is 14.5. The summed E-state index contributed by atoms with van der Waals surface area (Å²) in [4.78, 5) is 12.5. The molecule has 1 N–H and O–H groups in total. The van der Waals surface area contributed by atoms with Gasteiger partial charge in [0, 0.05) is 24.1 Å². The molecule has 0 aromatic heterocycles. The number of carbonyl (C=O) groups excluding carboxylic acids is 1. The lowest BCUT2D eigenvalue weighted by atomic mass is 9.58. The molecule has 3 nitrogen and oxygen atoms in total. The SMILES string of the molecule is CC(C)C(=O)N[C@H]1C(C)(C)[C@@H]2C[C@@H]3[C@@H](c4ccccc4F)OCCC31C2. The molecule has 1 aliphatic heterocycles. The van der Waals surface area contributed by atoms with Crippen LogP contribution in [0, 0.1) is 34.4 Å². The van der Waals surface area contributed by atoms with E-state index in [4.69, 9.17) is 4.74 Å². The Bertz CT molecular complexity index is 716. The Morgan fingerprint density at radius 1 is 1.31 bits per heavy atom. The molecular formula is C22H30FNO2. The number of carbonyl (C=O) groups is 1. The van der Waals surface area contributed by atoms with Crippen LogP contribution in [0.1, 0.15) is 58.6 Å². The molecule has 1 aromatic carbocycles. The van der Waals surface area contributed by atoms with Crippen LogP contribution in [-0.4, -0.2) is 18.6 Å². The maximum atomic E-state index is 14.5. The van der Waals surface area contributed by atoms with Gasteiger partial charge in [-0.1, -0.05) is 45.9 Å². The van der Waals surface area contributed by atoms with E-state index in [2.05, 4.69) is 19.2 Å². The third-order valence-electron chi connectivity index (χ3n) is 7.53. The zero-order valence-electron chi connectivity index (χ0n) is 16.2. The van der Waals surface area contributed by atoms with E-state index in [1.807, 2.05) is 26.0 Å². The molecule has 4 rings (SSSR count). The average Bonchev–Trinajstić information content (AvgIpc) is 3.08. The molecule has 0 radical (unpaired) electrons. The summed E-state index contributed by atoms with van der Waals surface area (Å²) in [5.74, 6) is 0.726. The fraction of sp³-hybridized carbons (Fsp3) is 0.682. The van der Waals surface area contributed by atoms with Crippen molar-refractivity contribution in [2.24, 2.45) is 28.6 Å². The van der Waals surface area contributed by atoms with Crippen LogP contribution in [0.25, 0.3) is 0 Å². The highest BCUT2D eigenvalue weighted by Gasteiger charge is 2.68. The maximum Gasteiger partial charge on any atom is 0.222 e. The van der Waals surface area contributed by atoms with Crippen molar-refractivity contribution < 1.29 is 13.9 Å². The van der Waals surface area contributed by atoms with E-state index in [1.54, 1.807) is 6.07 Å². The topological polar surface area (TPSA) is 38.3 Å². The normalized spacial score (nSPS) is 37.6. The Balaban J connectivity index is 1.71. The summed E-state index contributed by atoms with van der Waals surface area (Å²) in [5, 5.41) is 3.39. The fourth-order valence-corrected chi connectivity index (χ4v) is 6.11. The molecule has 26 heavy (non-hydrogen) atoms. The van der Waals surface area contributed by atoms with Crippen LogP contribution >= 0.6 is 0 Å². The van der Waals surface area contributed by atoms with Gasteiger partial charge in [0.25, 0.3) is 0 Å². The highest BCUT2D eigenvalue weighted by molar-refractivity contribution is 5.78. The number of nitrogens with one attached hydrogen (secondary N) is 1. The first kappa shape index (κ1) is 18.0. The Morgan fingerprint density at radius 3 is 2.73 bits per heavy atom. The van der Waals surface area contributed by atoms with Gasteiger partial charge in [-0.2, -0.15) is 0 Å². The van der Waals surface area contributed by atoms with Gasteiger partial charge in [0.05, 0.1) is 6.10 Å². The van der Waals surface area contributed by atoms with Gasteiger partial charge in [-0.25, -0.2) is 4.39 Å². The number of fused-ring (bicyclic) bond motifs is 1. The first-order chi connectivity index (χ1) is 12.3. The average molecular weight is 359 g/mol. The molecule has 2 saturated carbocycles. The Kier molecular flexibility index (Phi) is 4.18. The van der Waals surface area contributed by atoms with Crippen LogP contribution in [0.3, 0.4) is 0 Å². The minimum Gasteiger partial charge on any atom is -0.373 e. The lowest BCUT2D eigenvalue weighted by Crippen LogP contribution is -2.59. The predicted molar refractivity (Wildman–Crippen MR) is 98.9 cm³/mol. The quantitative estimate of drug-likeness (QED) is 0.864. The minimum absolute atomic E-state index is 0.0178. The number of hydrogen-bond donors (Lipinski definition) is 1. The van der Waals surface area contributed by atoms with Crippen LogP contribution in [0.15, 0.2) is 24.3 Å². The van der Waals surface area contributed by atoms with Crippen LogP contribution < -0.4 is 5.32 Å². The van der Waals surface area contributed by atoms with Crippen molar-refractivity contribution in [1.29, 1.82) is 0 Å². The molecule has 1 unspecified atom stereocenters. The Hall–Kier alpha value is -1.42. The third kappa shape index (κ3) is 2.45. The number of halogens is 1. The number of hydrogen-bond acceptors (Lipinski definition) is 2. The molecule has 1 spiro atoms. The fourth-order valence-electron chi connectivity index (χ4n) is 6.11. The van der Waals surface area contributed by atoms with Gasteiger partial charge < -0.3 is 10.1 Å². The molecule has 4 heteroatoms. The van der Waals surface area contributed by atoms with Gasteiger partial charge in [-0.3, -0.25) is 4.79 Å². The van der Waals surface area contributed by atoms with Crippen molar-refractivity contribution in [3.63, 3.8) is 0 Å². The van der Waals surface area contributed by atoms with Gasteiger partial charge in [0.1, 0.15) is 5.82 Å². The highest BCUT2D eigenvalue weighted by atomic mass is 19.1. The van der Waals surface area contributed by atoms with E-state index < -0.39 is 0 Å². The molecule has 2 aliphatic carbocycles. The van der Waals surface area contributed by atoms with Crippen molar-refractivity contribution in [3.8, 4) is 0 Å². The number of amides is 1. The molecule has 3 aliphatic rings. The number of rotatable bonds is 3. The predicted octanol–water partition coefficient (Wildman–Crippen LogP) is 4.48. The molecule has 2 bridgehead atoms. The van der Waals surface area contributed by atoms with Crippen molar-refractivity contribution >= 4 is 5.91 Å². The van der Waals surface area contributed by atoms with Crippen LogP contribution in [0.4, 0.5) is 4.39 Å². The van der Waals surface area contributed by atoms with Gasteiger partial charge in [0.15, 0.2) is 0 Å². The first-order valence-corrected chi connectivity index (χ1v) is 9.94. The molecule has 1 saturated heterocycles. The van der Waals surface area contributed by atoms with Crippen molar-refractivity contribution in [3.05, 3.63) is 35.6 Å².